The number of amides is 1. The lowest BCUT2D eigenvalue weighted by Crippen LogP contribution is -2.45. The zero-order valence-corrected chi connectivity index (χ0v) is 43.7. The van der Waals surface area contributed by atoms with Gasteiger partial charge in [0.15, 0.2) is 0 Å². The van der Waals surface area contributed by atoms with Gasteiger partial charge in [-0.1, -0.05) is 269 Å². The minimum Gasteiger partial charge on any atom is -0.466 e. The molecular formula is C59H113NO5. The van der Waals surface area contributed by atoms with Crippen LogP contribution in [0.1, 0.15) is 316 Å². The van der Waals surface area contributed by atoms with Crippen LogP contribution in [0.15, 0.2) is 24.3 Å². The molecule has 6 heteroatoms. The smallest absolute Gasteiger partial charge is 0.305 e. The molecule has 2 atom stereocenters. The molecule has 0 fully saturated rings. The number of nitrogens with one attached hydrogen (secondary N) is 1. The zero-order chi connectivity index (χ0) is 47.2. The molecule has 0 rings (SSSR count). The Morgan fingerprint density at radius 3 is 1.20 bits per heavy atom. The Hall–Kier alpha value is -1.66. The summed E-state index contributed by atoms with van der Waals surface area (Å²) in [7, 11) is 0. The molecule has 0 bridgehead atoms. The SMILES string of the molecule is CCCCC/C=C\C/C=C\CCCCCCCCCCCC(=O)OCCCCCCCCCCCCCC(=O)NC(CO)C(O)CCCCCCCCCCCCCCCCCCCC. The molecule has 3 N–H and O–H groups in total. The highest BCUT2D eigenvalue weighted by Gasteiger charge is 2.20. The van der Waals surface area contributed by atoms with E-state index in [0.29, 0.717) is 25.9 Å². The first-order valence-corrected chi connectivity index (χ1v) is 29.1. The lowest BCUT2D eigenvalue weighted by molar-refractivity contribution is -0.143. The first kappa shape index (κ1) is 63.3. The van der Waals surface area contributed by atoms with Crippen molar-refractivity contribution >= 4 is 11.9 Å². The molecule has 384 valence electrons. The molecule has 0 aliphatic heterocycles. The van der Waals surface area contributed by atoms with Crippen molar-refractivity contribution in [2.45, 2.75) is 328 Å². The van der Waals surface area contributed by atoms with Crippen LogP contribution in [0, 0.1) is 0 Å². The van der Waals surface area contributed by atoms with Gasteiger partial charge in [-0.2, -0.15) is 0 Å². The van der Waals surface area contributed by atoms with Gasteiger partial charge in [-0.05, 0) is 57.8 Å². The van der Waals surface area contributed by atoms with Crippen LogP contribution in [0.3, 0.4) is 0 Å². The Balaban J connectivity index is 3.45. The van der Waals surface area contributed by atoms with Gasteiger partial charge in [0.1, 0.15) is 0 Å². The maximum Gasteiger partial charge on any atom is 0.305 e. The Morgan fingerprint density at radius 2 is 0.769 bits per heavy atom. The van der Waals surface area contributed by atoms with E-state index in [0.717, 1.165) is 64.2 Å². The highest BCUT2D eigenvalue weighted by atomic mass is 16.5. The molecule has 0 radical (unpaired) electrons. The standard InChI is InChI=1S/C59H113NO5/c1-3-5-7-9-11-13-15-17-19-21-23-25-27-29-33-37-41-45-49-53-59(64)65-54-50-46-42-38-34-30-32-36-40-44-48-52-58(63)60-56(55-61)57(62)51-47-43-39-35-31-28-26-24-22-20-18-16-14-12-10-8-6-4-2/h11,13,17,19,56-57,61-62H,3-10,12,14-16,18,20-55H2,1-2H3,(H,60,63)/b13-11-,19-17-. The van der Waals surface area contributed by atoms with Gasteiger partial charge in [-0.25, -0.2) is 0 Å². The van der Waals surface area contributed by atoms with Crippen molar-refractivity contribution in [3.05, 3.63) is 24.3 Å². The summed E-state index contributed by atoms with van der Waals surface area (Å²) in [4.78, 5) is 24.6. The number of aliphatic hydroxyl groups is 2. The second kappa shape index (κ2) is 54.9. The molecule has 0 aromatic rings. The molecule has 0 aliphatic rings. The van der Waals surface area contributed by atoms with Gasteiger partial charge < -0.3 is 20.3 Å². The first-order chi connectivity index (χ1) is 32.0. The minimum atomic E-state index is -0.677. The van der Waals surface area contributed by atoms with Crippen molar-refractivity contribution < 1.29 is 24.5 Å². The van der Waals surface area contributed by atoms with E-state index in [2.05, 4.69) is 43.5 Å². The molecule has 1 amide bonds. The Morgan fingerprint density at radius 1 is 0.431 bits per heavy atom. The summed E-state index contributed by atoms with van der Waals surface area (Å²) in [5, 5.41) is 23.3. The fraction of sp³-hybridized carbons (Fsp3) is 0.898. The average molecular weight is 917 g/mol. The molecule has 0 heterocycles. The van der Waals surface area contributed by atoms with Crippen molar-refractivity contribution in [2.24, 2.45) is 0 Å². The minimum absolute atomic E-state index is 0.0167. The third-order valence-corrected chi connectivity index (χ3v) is 13.5. The van der Waals surface area contributed by atoms with E-state index in [1.54, 1.807) is 0 Å². The molecule has 2 unspecified atom stereocenters. The number of unbranched alkanes of at least 4 members (excludes halogenated alkanes) is 39. The molecule has 65 heavy (non-hydrogen) atoms. The number of hydrogen-bond acceptors (Lipinski definition) is 5. The number of hydrogen-bond donors (Lipinski definition) is 3. The fourth-order valence-electron chi connectivity index (χ4n) is 9.02. The van der Waals surface area contributed by atoms with E-state index >= 15 is 0 Å². The van der Waals surface area contributed by atoms with Crippen LogP contribution < -0.4 is 5.32 Å². The summed E-state index contributed by atoms with van der Waals surface area (Å²) in [5.74, 6) is -0.0684. The second-order valence-corrected chi connectivity index (χ2v) is 20.0. The highest BCUT2D eigenvalue weighted by molar-refractivity contribution is 5.76. The third-order valence-electron chi connectivity index (χ3n) is 13.5. The Kier molecular flexibility index (Phi) is 53.5. The van der Waals surface area contributed by atoms with Gasteiger partial charge in [0.25, 0.3) is 0 Å². The molecule has 0 saturated heterocycles. The van der Waals surface area contributed by atoms with Gasteiger partial charge in [0, 0.05) is 12.8 Å². The number of ether oxygens (including phenoxy) is 1. The fourth-order valence-corrected chi connectivity index (χ4v) is 9.02. The lowest BCUT2D eigenvalue weighted by atomic mass is 10.0. The van der Waals surface area contributed by atoms with E-state index in [4.69, 9.17) is 4.74 Å². The molecule has 0 aliphatic carbocycles. The Bertz CT molecular complexity index is 1010. The van der Waals surface area contributed by atoms with Crippen LogP contribution in [0.2, 0.25) is 0 Å². The normalized spacial score (nSPS) is 12.7. The van der Waals surface area contributed by atoms with Crippen molar-refractivity contribution in [1.29, 1.82) is 0 Å². The largest absolute Gasteiger partial charge is 0.466 e. The van der Waals surface area contributed by atoms with Crippen molar-refractivity contribution in [2.75, 3.05) is 13.2 Å². The average Bonchev–Trinajstić information content (AvgIpc) is 3.31. The maximum absolute atomic E-state index is 12.5. The van der Waals surface area contributed by atoms with Gasteiger partial charge in [0.05, 0.1) is 25.4 Å². The van der Waals surface area contributed by atoms with E-state index in [1.807, 2.05) is 0 Å². The predicted molar refractivity (Wildman–Crippen MR) is 283 cm³/mol. The zero-order valence-electron chi connectivity index (χ0n) is 43.7. The maximum atomic E-state index is 12.5. The molecule has 6 nitrogen and oxygen atoms in total. The number of carbonyl (C=O) groups excluding carboxylic acids is 2. The highest BCUT2D eigenvalue weighted by Crippen LogP contribution is 2.17. The van der Waals surface area contributed by atoms with E-state index in [1.165, 1.54) is 218 Å². The summed E-state index contributed by atoms with van der Waals surface area (Å²) >= 11 is 0. The van der Waals surface area contributed by atoms with Gasteiger partial charge in [-0.3, -0.25) is 9.59 Å². The monoisotopic (exact) mass is 916 g/mol. The summed E-state index contributed by atoms with van der Waals surface area (Å²) < 4.78 is 5.48. The molecule has 0 saturated carbocycles. The second-order valence-electron chi connectivity index (χ2n) is 20.0. The van der Waals surface area contributed by atoms with E-state index < -0.39 is 12.1 Å². The van der Waals surface area contributed by atoms with Crippen molar-refractivity contribution in [1.82, 2.24) is 5.32 Å². The quantitative estimate of drug-likeness (QED) is 0.0321. The first-order valence-electron chi connectivity index (χ1n) is 29.1. The van der Waals surface area contributed by atoms with Crippen LogP contribution in [-0.4, -0.2) is 47.4 Å². The Labute approximate surface area is 405 Å². The molecule has 0 spiro atoms. The predicted octanol–water partition coefficient (Wildman–Crippen LogP) is 17.9. The molecule has 0 aromatic heterocycles. The van der Waals surface area contributed by atoms with Crippen LogP contribution in [0.25, 0.3) is 0 Å². The van der Waals surface area contributed by atoms with Crippen molar-refractivity contribution in [3.63, 3.8) is 0 Å². The summed E-state index contributed by atoms with van der Waals surface area (Å²) in [6.07, 6.45) is 65.9. The number of rotatable bonds is 54. The van der Waals surface area contributed by atoms with E-state index in [-0.39, 0.29) is 18.5 Å². The number of carbonyl (C=O) groups is 2. The number of allylic oxidation sites excluding steroid dienone is 4. The van der Waals surface area contributed by atoms with Gasteiger partial charge >= 0.3 is 5.97 Å². The van der Waals surface area contributed by atoms with E-state index in [9.17, 15) is 19.8 Å². The van der Waals surface area contributed by atoms with Gasteiger partial charge in [0.2, 0.25) is 5.91 Å². The topological polar surface area (TPSA) is 95.9 Å². The van der Waals surface area contributed by atoms with Crippen LogP contribution in [0.4, 0.5) is 0 Å². The summed E-state index contributed by atoms with van der Waals surface area (Å²) in [5.41, 5.74) is 0. The molecule has 0 aromatic carbocycles. The summed E-state index contributed by atoms with van der Waals surface area (Å²) in [6.45, 7) is 4.90. The van der Waals surface area contributed by atoms with Crippen LogP contribution in [-0.2, 0) is 14.3 Å². The summed E-state index contributed by atoms with van der Waals surface area (Å²) in [6, 6.07) is -0.556. The molecular weight excluding hydrogens is 803 g/mol. The number of aliphatic hydroxyl groups excluding tert-OH is 2. The van der Waals surface area contributed by atoms with Gasteiger partial charge in [-0.15, -0.1) is 0 Å². The lowest BCUT2D eigenvalue weighted by Gasteiger charge is -2.22. The van der Waals surface area contributed by atoms with Crippen molar-refractivity contribution in [3.8, 4) is 0 Å². The van der Waals surface area contributed by atoms with Crippen LogP contribution in [0.5, 0.6) is 0 Å². The number of esters is 1. The third kappa shape index (κ3) is 51.6. The van der Waals surface area contributed by atoms with Crippen LogP contribution >= 0.6 is 0 Å².